The second kappa shape index (κ2) is 8.55. The smallest absolute Gasteiger partial charge is 0.394 e. The first kappa shape index (κ1) is 18.8. The van der Waals surface area contributed by atoms with Crippen LogP contribution < -0.4 is 11.5 Å². The first-order chi connectivity index (χ1) is 7.70. The fourth-order valence-electron chi connectivity index (χ4n) is 0.969. The Bertz CT molecular complexity index is 439. The Hall–Kier alpha value is -1.52. The van der Waals surface area contributed by atoms with E-state index in [1.54, 1.807) is 0 Å². The fraction of sp³-hybridized carbons (Fsp3) is 0.222. The van der Waals surface area contributed by atoms with Crippen molar-refractivity contribution < 1.29 is 27.8 Å². The van der Waals surface area contributed by atoms with Gasteiger partial charge in [-0.2, -0.15) is 8.42 Å². The molecular weight excluding hydrogens is 264 g/mol. The Morgan fingerprint density at radius 1 is 1.22 bits per heavy atom. The minimum atomic E-state index is -4.67. The molecule has 0 radical (unpaired) electrons. The number of carbonyl (C=O) groups is 1. The summed E-state index contributed by atoms with van der Waals surface area (Å²) in [7, 11) is -4.67. The highest BCUT2D eigenvalue weighted by Gasteiger charge is 2.08. The number of primary amides is 1. The van der Waals surface area contributed by atoms with Crippen LogP contribution in [0.4, 0.5) is 0 Å². The Labute approximate surface area is 104 Å². The van der Waals surface area contributed by atoms with E-state index in [1.807, 2.05) is 30.3 Å². The van der Waals surface area contributed by atoms with Gasteiger partial charge in [-0.05, 0) is 12.0 Å². The molecule has 1 aromatic rings. The van der Waals surface area contributed by atoms with Crippen LogP contribution in [0.15, 0.2) is 30.3 Å². The third-order valence-corrected chi connectivity index (χ3v) is 1.66. The Balaban J connectivity index is 0. The summed E-state index contributed by atoms with van der Waals surface area (Å²) in [5.74, 6) is -0.459. The Kier molecular flexibility index (Phi) is 8.95. The molecule has 1 aromatic carbocycles. The molecule has 0 aliphatic heterocycles. The summed E-state index contributed by atoms with van der Waals surface area (Å²) in [6, 6.07) is 8.99. The van der Waals surface area contributed by atoms with Gasteiger partial charge in [0.1, 0.15) is 0 Å². The molecule has 8 nitrogen and oxygen atoms in total. The number of rotatable bonds is 3. The highest BCUT2D eigenvalue weighted by molar-refractivity contribution is 7.79. The largest absolute Gasteiger partial charge is 0.412 e. The monoisotopic (exact) mass is 280 g/mol. The average Bonchev–Trinajstić information content (AvgIpc) is 2.16. The van der Waals surface area contributed by atoms with E-state index in [4.69, 9.17) is 29.0 Å². The van der Waals surface area contributed by atoms with Crippen molar-refractivity contribution in [2.24, 2.45) is 11.5 Å². The van der Waals surface area contributed by atoms with Gasteiger partial charge < -0.3 is 16.9 Å². The van der Waals surface area contributed by atoms with E-state index in [2.05, 4.69) is 0 Å². The van der Waals surface area contributed by atoms with Crippen molar-refractivity contribution >= 4 is 16.3 Å². The molecule has 0 spiro atoms. The molecular formula is C9H16N2O6S. The maximum atomic E-state index is 10.6. The Morgan fingerprint density at radius 3 is 1.94 bits per heavy atom. The third kappa shape index (κ3) is 12.5. The average molecular weight is 280 g/mol. The normalized spacial score (nSPS) is 11.5. The van der Waals surface area contributed by atoms with E-state index in [0.29, 0.717) is 6.42 Å². The number of hydrogen-bond donors (Lipinski definition) is 4. The second-order valence-corrected chi connectivity index (χ2v) is 4.04. The van der Waals surface area contributed by atoms with Crippen LogP contribution in [0.25, 0.3) is 0 Å². The van der Waals surface area contributed by atoms with Gasteiger partial charge in [-0.1, -0.05) is 30.3 Å². The van der Waals surface area contributed by atoms with Gasteiger partial charge in [-0.25, -0.2) is 0 Å². The molecule has 1 rings (SSSR count). The molecule has 0 fully saturated rings. The zero-order valence-corrected chi connectivity index (χ0v) is 10.2. The molecule has 1 amide bonds. The summed E-state index contributed by atoms with van der Waals surface area (Å²) in [5, 5.41) is 0. The van der Waals surface area contributed by atoms with Crippen molar-refractivity contribution in [1.29, 1.82) is 0 Å². The summed E-state index contributed by atoms with van der Waals surface area (Å²) in [6.07, 6.45) is 0.510. The molecule has 0 saturated heterocycles. The molecule has 0 aliphatic carbocycles. The molecule has 0 heterocycles. The van der Waals surface area contributed by atoms with Crippen molar-refractivity contribution in [1.82, 2.24) is 0 Å². The molecule has 104 valence electrons. The SMILES string of the molecule is NC(=O)[C@@H](N)Cc1ccccc1.O.O=S(=O)(O)O. The van der Waals surface area contributed by atoms with Gasteiger partial charge in [-0.15, -0.1) is 0 Å². The number of benzene rings is 1. The highest BCUT2D eigenvalue weighted by Crippen LogP contribution is 2.00. The van der Waals surface area contributed by atoms with Crippen molar-refractivity contribution in [3.63, 3.8) is 0 Å². The van der Waals surface area contributed by atoms with E-state index in [-0.39, 0.29) is 5.48 Å². The molecule has 0 aliphatic rings. The van der Waals surface area contributed by atoms with Crippen LogP contribution in [-0.2, 0) is 21.6 Å². The molecule has 9 heteroatoms. The van der Waals surface area contributed by atoms with Crippen LogP contribution in [0.5, 0.6) is 0 Å². The Morgan fingerprint density at radius 2 is 1.61 bits per heavy atom. The zero-order valence-electron chi connectivity index (χ0n) is 9.35. The molecule has 1 atom stereocenters. The van der Waals surface area contributed by atoms with Crippen LogP contribution in [0.1, 0.15) is 5.56 Å². The molecule has 0 bridgehead atoms. The number of amides is 1. The summed E-state index contributed by atoms with van der Waals surface area (Å²) in [6.45, 7) is 0. The van der Waals surface area contributed by atoms with E-state index in [9.17, 15) is 4.79 Å². The fourth-order valence-corrected chi connectivity index (χ4v) is 0.969. The molecule has 0 saturated carbocycles. The summed E-state index contributed by atoms with van der Waals surface area (Å²) in [5.41, 5.74) is 11.5. The van der Waals surface area contributed by atoms with Crippen LogP contribution in [-0.4, -0.2) is 34.9 Å². The van der Waals surface area contributed by atoms with Gasteiger partial charge in [0.05, 0.1) is 6.04 Å². The lowest BCUT2D eigenvalue weighted by Crippen LogP contribution is -2.38. The summed E-state index contributed by atoms with van der Waals surface area (Å²) < 4.78 is 31.6. The maximum Gasteiger partial charge on any atom is 0.394 e. The lowest BCUT2D eigenvalue weighted by molar-refractivity contribution is -0.119. The van der Waals surface area contributed by atoms with Crippen LogP contribution >= 0.6 is 0 Å². The summed E-state index contributed by atoms with van der Waals surface area (Å²) >= 11 is 0. The van der Waals surface area contributed by atoms with Crippen LogP contribution in [0.2, 0.25) is 0 Å². The predicted molar refractivity (Wildman–Crippen MR) is 65.1 cm³/mol. The van der Waals surface area contributed by atoms with Gasteiger partial charge in [-0.3, -0.25) is 13.9 Å². The number of carbonyl (C=O) groups excluding carboxylic acids is 1. The first-order valence-electron chi connectivity index (χ1n) is 4.49. The van der Waals surface area contributed by atoms with E-state index in [1.165, 1.54) is 0 Å². The second-order valence-electron chi connectivity index (χ2n) is 3.15. The minimum absolute atomic E-state index is 0. The van der Waals surface area contributed by atoms with Gasteiger partial charge in [0.25, 0.3) is 0 Å². The van der Waals surface area contributed by atoms with Gasteiger partial charge >= 0.3 is 10.4 Å². The van der Waals surface area contributed by atoms with Gasteiger partial charge in [0, 0.05) is 0 Å². The molecule has 0 unspecified atom stereocenters. The van der Waals surface area contributed by atoms with E-state index in [0.717, 1.165) is 5.56 Å². The number of hydrogen-bond acceptors (Lipinski definition) is 4. The molecule has 8 N–H and O–H groups in total. The number of nitrogens with two attached hydrogens (primary N) is 2. The van der Waals surface area contributed by atoms with E-state index < -0.39 is 22.3 Å². The first-order valence-corrected chi connectivity index (χ1v) is 5.88. The van der Waals surface area contributed by atoms with Gasteiger partial charge in [0.15, 0.2) is 0 Å². The van der Waals surface area contributed by atoms with E-state index >= 15 is 0 Å². The van der Waals surface area contributed by atoms with Crippen molar-refractivity contribution in [2.45, 2.75) is 12.5 Å². The highest BCUT2D eigenvalue weighted by atomic mass is 32.3. The van der Waals surface area contributed by atoms with Crippen molar-refractivity contribution in [3.05, 3.63) is 35.9 Å². The minimum Gasteiger partial charge on any atom is -0.412 e. The van der Waals surface area contributed by atoms with Crippen LogP contribution in [0, 0.1) is 0 Å². The molecule has 18 heavy (non-hydrogen) atoms. The van der Waals surface area contributed by atoms with Gasteiger partial charge in [0.2, 0.25) is 5.91 Å². The topological polar surface area (TPSA) is 175 Å². The lowest BCUT2D eigenvalue weighted by Gasteiger charge is -2.06. The third-order valence-electron chi connectivity index (χ3n) is 1.66. The van der Waals surface area contributed by atoms with Crippen LogP contribution in [0.3, 0.4) is 0 Å². The zero-order chi connectivity index (χ0) is 13.5. The summed E-state index contributed by atoms with van der Waals surface area (Å²) in [4.78, 5) is 10.6. The lowest BCUT2D eigenvalue weighted by atomic mass is 10.1. The van der Waals surface area contributed by atoms with Crippen molar-refractivity contribution in [3.8, 4) is 0 Å². The molecule has 0 aromatic heterocycles. The maximum absolute atomic E-state index is 10.6. The quantitative estimate of drug-likeness (QED) is 0.493. The predicted octanol–water partition coefficient (Wildman–Crippen LogP) is -1.44. The standard InChI is InChI=1S/C9H12N2O.H2O4S.H2O/c10-8(9(11)12)6-7-4-2-1-3-5-7;1-5(2,3)4;/h1-5,8H,6,10H2,(H2,11,12);(H2,1,2,3,4);1H2/t8-;;/m0../s1. The van der Waals surface area contributed by atoms with Crippen molar-refractivity contribution in [2.75, 3.05) is 0 Å².